The van der Waals surface area contributed by atoms with Crippen LogP contribution in [-0.2, 0) is 19.0 Å². The quantitative estimate of drug-likeness (QED) is 0.508. The molecule has 0 saturated heterocycles. The number of amides is 1. The highest BCUT2D eigenvalue weighted by atomic mass is 16.6. The number of H-pyrrole nitrogens is 1. The van der Waals surface area contributed by atoms with Gasteiger partial charge >= 0.3 is 17.8 Å². The van der Waals surface area contributed by atoms with E-state index >= 15 is 0 Å². The van der Waals surface area contributed by atoms with Gasteiger partial charge in [0.15, 0.2) is 0 Å². The zero-order valence-corrected chi connectivity index (χ0v) is 18.4. The molecule has 0 aliphatic carbocycles. The third-order valence-corrected chi connectivity index (χ3v) is 3.86. The van der Waals surface area contributed by atoms with E-state index in [1.807, 2.05) is 0 Å². The average Bonchev–Trinajstić information content (AvgIpc) is 2.57. The lowest BCUT2D eigenvalue weighted by Gasteiger charge is -2.31. The summed E-state index contributed by atoms with van der Waals surface area (Å²) in [5.41, 5.74) is -3.00. The molecule has 30 heavy (non-hydrogen) atoms. The van der Waals surface area contributed by atoms with Crippen molar-refractivity contribution in [2.24, 2.45) is 0 Å². The van der Waals surface area contributed by atoms with E-state index in [1.54, 1.807) is 27.7 Å². The van der Waals surface area contributed by atoms with Gasteiger partial charge in [0.05, 0.1) is 5.60 Å². The molecule has 2 unspecified atom stereocenters. The summed E-state index contributed by atoms with van der Waals surface area (Å²) in [7, 11) is 0. The second-order valence-electron chi connectivity index (χ2n) is 8.39. The SMILES string of the molecule is Cc1cn(C(C)OC(COC(=O)CNC(=O)OC(C)(C)C)C(C)(C)O)c(=O)[nH]c1=O. The number of esters is 1. The van der Waals surface area contributed by atoms with Crippen molar-refractivity contribution in [2.75, 3.05) is 13.2 Å². The summed E-state index contributed by atoms with van der Waals surface area (Å²) < 4.78 is 17.0. The normalized spacial score (nSPS) is 14.0. The molecule has 2 atom stereocenters. The molecular weight excluding hydrogens is 398 g/mol. The predicted molar refractivity (Wildman–Crippen MR) is 107 cm³/mol. The van der Waals surface area contributed by atoms with Crippen LogP contribution in [0.1, 0.15) is 53.3 Å². The second kappa shape index (κ2) is 9.90. The number of nitrogens with zero attached hydrogens (tertiary/aromatic N) is 1. The van der Waals surface area contributed by atoms with Crippen molar-refractivity contribution >= 4 is 12.1 Å². The van der Waals surface area contributed by atoms with Crippen LogP contribution >= 0.6 is 0 Å². The topological polar surface area (TPSA) is 149 Å². The second-order valence-corrected chi connectivity index (χ2v) is 8.39. The molecule has 11 heteroatoms. The molecule has 1 heterocycles. The Morgan fingerprint density at radius 1 is 1.23 bits per heavy atom. The number of ether oxygens (including phenoxy) is 3. The van der Waals surface area contributed by atoms with E-state index in [0.29, 0.717) is 5.56 Å². The number of carbonyl (C=O) groups excluding carboxylic acids is 2. The molecule has 0 bridgehead atoms. The van der Waals surface area contributed by atoms with E-state index in [1.165, 1.54) is 27.0 Å². The Morgan fingerprint density at radius 2 is 1.83 bits per heavy atom. The van der Waals surface area contributed by atoms with Crippen molar-refractivity contribution in [1.82, 2.24) is 14.9 Å². The number of nitrogens with one attached hydrogen (secondary N) is 2. The molecule has 170 valence electrons. The highest BCUT2D eigenvalue weighted by molar-refractivity contribution is 5.78. The summed E-state index contributed by atoms with van der Waals surface area (Å²) in [6, 6.07) is 0. The molecule has 0 fully saturated rings. The van der Waals surface area contributed by atoms with Gasteiger partial charge in [-0.05, 0) is 48.5 Å². The Morgan fingerprint density at radius 3 is 2.37 bits per heavy atom. The number of aromatic nitrogens is 2. The molecule has 1 aromatic rings. The van der Waals surface area contributed by atoms with Crippen molar-refractivity contribution in [2.45, 2.75) is 72.0 Å². The lowest BCUT2D eigenvalue weighted by Crippen LogP contribution is -2.45. The fourth-order valence-electron chi connectivity index (χ4n) is 2.25. The summed E-state index contributed by atoms with van der Waals surface area (Å²) in [6.07, 6.45) is -1.30. The van der Waals surface area contributed by atoms with Gasteiger partial charge in [0.1, 0.15) is 31.1 Å². The number of aryl methyl sites for hydroxylation is 1. The first-order valence-electron chi connectivity index (χ1n) is 9.42. The molecule has 0 aliphatic heterocycles. The minimum atomic E-state index is -1.42. The Balaban J connectivity index is 2.72. The number of alkyl carbamates (subject to hydrolysis) is 1. The Kier molecular flexibility index (Phi) is 8.37. The van der Waals surface area contributed by atoms with Crippen molar-refractivity contribution in [1.29, 1.82) is 0 Å². The van der Waals surface area contributed by atoms with Gasteiger partial charge in [-0.1, -0.05) is 0 Å². The number of aliphatic hydroxyl groups is 1. The number of carbonyl (C=O) groups is 2. The van der Waals surface area contributed by atoms with Gasteiger partial charge in [0.2, 0.25) is 0 Å². The maximum atomic E-state index is 12.0. The largest absolute Gasteiger partial charge is 0.461 e. The van der Waals surface area contributed by atoms with Crippen LogP contribution in [0.3, 0.4) is 0 Å². The van der Waals surface area contributed by atoms with E-state index in [0.717, 1.165) is 4.57 Å². The van der Waals surface area contributed by atoms with Crippen LogP contribution in [0.25, 0.3) is 0 Å². The van der Waals surface area contributed by atoms with Gasteiger partial charge in [-0.3, -0.25) is 19.1 Å². The molecule has 3 N–H and O–H groups in total. The van der Waals surface area contributed by atoms with Crippen molar-refractivity contribution < 1.29 is 28.9 Å². The molecule has 0 aliphatic rings. The molecule has 0 saturated carbocycles. The Bertz CT molecular complexity index is 860. The summed E-state index contributed by atoms with van der Waals surface area (Å²) in [6.45, 7) is 10.3. The Hall–Kier alpha value is -2.66. The Labute approximate surface area is 174 Å². The molecule has 0 aromatic carbocycles. The summed E-state index contributed by atoms with van der Waals surface area (Å²) in [5, 5.41) is 12.6. The molecule has 11 nitrogen and oxygen atoms in total. The number of rotatable bonds is 8. The standard InChI is InChI=1S/C19H31N3O8/c1-11-9-22(16(25)21-15(11)24)12(2)29-13(19(6,7)27)10-28-14(23)8-20-17(26)30-18(3,4)5/h9,12-13,27H,8,10H2,1-7H3,(H,20,26)(H,21,24,25). The maximum Gasteiger partial charge on any atom is 0.408 e. The first-order chi connectivity index (χ1) is 13.6. The molecule has 1 rings (SSSR count). The molecule has 1 aromatic heterocycles. The minimum absolute atomic E-state index is 0.310. The van der Waals surface area contributed by atoms with Crippen LogP contribution in [0, 0.1) is 6.92 Å². The summed E-state index contributed by atoms with van der Waals surface area (Å²) >= 11 is 0. The van der Waals surface area contributed by atoms with Gasteiger partial charge in [0, 0.05) is 11.8 Å². The van der Waals surface area contributed by atoms with E-state index in [9.17, 15) is 24.3 Å². The highest BCUT2D eigenvalue weighted by Gasteiger charge is 2.31. The van der Waals surface area contributed by atoms with E-state index in [-0.39, 0.29) is 6.61 Å². The average molecular weight is 429 g/mol. The van der Waals surface area contributed by atoms with Crippen LogP contribution in [0.5, 0.6) is 0 Å². The van der Waals surface area contributed by atoms with Gasteiger partial charge in [0.25, 0.3) is 5.56 Å². The first-order valence-corrected chi connectivity index (χ1v) is 9.42. The lowest BCUT2D eigenvalue weighted by molar-refractivity contribution is -0.172. The summed E-state index contributed by atoms with van der Waals surface area (Å²) in [4.78, 5) is 49.2. The fourth-order valence-corrected chi connectivity index (χ4v) is 2.25. The predicted octanol–water partition coefficient (Wildman–Crippen LogP) is 0.588. The van der Waals surface area contributed by atoms with Crippen LogP contribution < -0.4 is 16.6 Å². The number of hydrogen-bond donors (Lipinski definition) is 3. The third kappa shape index (κ3) is 8.37. The minimum Gasteiger partial charge on any atom is -0.461 e. The van der Waals surface area contributed by atoms with Gasteiger partial charge in [-0.2, -0.15) is 0 Å². The third-order valence-electron chi connectivity index (χ3n) is 3.86. The highest BCUT2D eigenvalue weighted by Crippen LogP contribution is 2.19. The zero-order chi connectivity index (χ0) is 23.3. The van der Waals surface area contributed by atoms with Crippen molar-refractivity contribution in [3.8, 4) is 0 Å². The van der Waals surface area contributed by atoms with E-state index in [2.05, 4.69) is 10.3 Å². The first kappa shape index (κ1) is 25.4. The van der Waals surface area contributed by atoms with E-state index < -0.39 is 53.4 Å². The van der Waals surface area contributed by atoms with Crippen LogP contribution in [0.15, 0.2) is 15.8 Å². The van der Waals surface area contributed by atoms with Gasteiger partial charge in [-0.25, -0.2) is 9.59 Å². The smallest absolute Gasteiger partial charge is 0.408 e. The molecule has 0 radical (unpaired) electrons. The molecule has 1 amide bonds. The fraction of sp³-hybridized carbons (Fsp3) is 0.684. The zero-order valence-electron chi connectivity index (χ0n) is 18.4. The molecular formula is C19H31N3O8. The number of hydrogen-bond acceptors (Lipinski definition) is 8. The van der Waals surface area contributed by atoms with Crippen LogP contribution in [-0.4, -0.2) is 57.2 Å². The van der Waals surface area contributed by atoms with Gasteiger partial charge < -0.3 is 24.6 Å². The van der Waals surface area contributed by atoms with Gasteiger partial charge in [-0.15, -0.1) is 0 Å². The van der Waals surface area contributed by atoms with E-state index in [4.69, 9.17) is 14.2 Å². The number of aromatic amines is 1. The maximum absolute atomic E-state index is 12.0. The van der Waals surface area contributed by atoms with Crippen LogP contribution in [0.4, 0.5) is 4.79 Å². The summed E-state index contributed by atoms with van der Waals surface area (Å²) in [5.74, 6) is -0.761. The lowest BCUT2D eigenvalue weighted by atomic mass is 10.0. The van der Waals surface area contributed by atoms with Crippen molar-refractivity contribution in [3.63, 3.8) is 0 Å². The van der Waals surface area contributed by atoms with Crippen LogP contribution in [0.2, 0.25) is 0 Å². The molecule has 0 spiro atoms. The monoisotopic (exact) mass is 429 g/mol. The van der Waals surface area contributed by atoms with Crippen molar-refractivity contribution in [3.05, 3.63) is 32.6 Å².